The maximum Gasteiger partial charge on any atom is 0.128 e. The predicted molar refractivity (Wildman–Crippen MR) is 56.2 cm³/mol. The molecule has 1 fully saturated rings. The maximum absolute atomic E-state index is 9.01. The average Bonchev–Trinajstić information content (AvgIpc) is 2.30. The topological polar surface area (TPSA) is 36.4 Å². The van der Waals surface area contributed by atoms with E-state index in [-0.39, 0.29) is 6.61 Å². The summed E-state index contributed by atoms with van der Waals surface area (Å²) in [5, 5.41) is 9.01. The number of hydrogen-bond acceptors (Lipinski definition) is 3. The summed E-state index contributed by atoms with van der Waals surface area (Å²) in [6.45, 7) is 2.30. The lowest BCUT2D eigenvalue weighted by molar-refractivity contribution is 0.281. The molecule has 3 heteroatoms. The Balaban J connectivity index is 2.13. The van der Waals surface area contributed by atoms with Gasteiger partial charge in [0.25, 0.3) is 0 Å². The number of hydrogen-bond donors (Lipinski definition) is 1. The summed E-state index contributed by atoms with van der Waals surface area (Å²) in [6, 6.07) is 3.83. The van der Waals surface area contributed by atoms with Gasteiger partial charge in [0.1, 0.15) is 5.82 Å². The van der Waals surface area contributed by atoms with Crippen LogP contribution in [-0.2, 0) is 6.61 Å². The van der Waals surface area contributed by atoms with Crippen LogP contribution in [-0.4, -0.2) is 23.2 Å². The smallest absolute Gasteiger partial charge is 0.128 e. The van der Waals surface area contributed by atoms with Gasteiger partial charge < -0.3 is 10.0 Å². The van der Waals surface area contributed by atoms with Crippen LogP contribution < -0.4 is 4.90 Å². The minimum atomic E-state index is 0.101. The third kappa shape index (κ3) is 2.04. The molecule has 1 aromatic heterocycles. The Morgan fingerprint density at radius 3 is 2.79 bits per heavy atom. The lowest BCUT2D eigenvalue weighted by Gasteiger charge is -2.27. The van der Waals surface area contributed by atoms with Gasteiger partial charge in [-0.2, -0.15) is 0 Å². The highest BCUT2D eigenvalue weighted by atomic mass is 16.3. The lowest BCUT2D eigenvalue weighted by Crippen LogP contribution is -2.30. The first-order valence-electron chi connectivity index (χ1n) is 5.21. The summed E-state index contributed by atoms with van der Waals surface area (Å²) in [5.41, 5.74) is 0.945. The van der Waals surface area contributed by atoms with Gasteiger partial charge in [-0.3, -0.25) is 0 Å². The molecule has 14 heavy (non-hydrogen) atoms. The summed E-state index contributed by atoms with van der Waals surface area (Å²) in [4.78, 5) is 6.62. The van der Waals surface area contributed by atoms with Crippen molar-refractivity contribution >= 4 is 5.82 Å². The molecule has 0 atom stereocenters. The monoisotopic (exact) mass is 192 g/mol. The summed E-state index contributed by atoms with van der Waals surface area (Å²) in [7, 11) is 0. The standard InChI is InChI=1S/C11H16N2O/c14-9-10-4-5-12-11(8-10)13-6-2-1-3-7-13/h4-5,8,14H,1-3,6-7,9H2. The van der Waals surface area contributed by atoms with E-state index >= 15 is 0 Å². The number of aliphatic hydroxyl groups is 1. The Bertz CT molecular complexity index is 295. The fourth-order valence-electron chi connectivity index (χ4n) is 1.85. The Morgan fingerprint density at radius 1 is 1.29 bits per heavy atom. The van der Waals surface area contributed by atoms with Gasteiger partial charge in [-0.15, -0.1) is 0 Å². The van der Waals surface area contributed by atoms with Crippen LogP contribution in [0, 0.1) is 0 Å². The van der Waals surface area contributed by atoms with Crippen molar-refractivity contribution in [2.45, 2.75) is 25.9 Å². The van der Waals surface area contributed by atoms with Gasteiger partial charge in [-0.05, 0) is 37.0 Å². The molecule has 2 rings (SSSR count). The average molecular weight is 192 g/mol. The van der Waals surface area contributed by atoms with Crippen LogP contribution in [0.4, 0.5) is 5.82 Å². The molecule has 0 radical (unpaired) electrons. The number of piperidine rings is 1. The number of rotatable bonds is 2. The van der Waals surface area contributed by atoms with Crippen molar-refractivity contribution in [1.82, 2.24) is 4.98 Å². The van der Waals surface area contributed by atoms with Crippen molar-refractivity contribution in [3.63, 3.8) is 0 Å². The molecule has 1 aliphatic rings. The van der Waals surface area contributed by atoms with Gasteiger partial charge in [-0.25, -0.2) is 4.98 Å². The molecule has 0 bridgehead atoms. The van der Waals surface area contributed by atoms with Gasteiger partial charge in [-0.1, -0.05) is 0 Å². The van der Waals surface area contributed by atoms with Crippen LogP contribution in [0.3, 0.4) is 0 Å². The fourth-order valence-corrected chi connectivity index (χ4v) is 1.85. The number of pyridine rings is 1. The van der Waals surface area contributed by atoms with E-state index in [2.05, 4.69) is 9.88 Å². The van der Waals surface area contributed by atoms with Crippen LogP contribution in [0.25, 0.3) is 0 Å². The molecule has 0 amide bonds. The Kier molecular flexibility index (Phi) is 2.99. The molecule has 0 aliphatic carbocycles. The highest BCUT2D eigenvalue weighted by Gasteiger charge is 2.11. The Labute approximate surface area is 84.4 Å². The Hall–Kier alpha value is -1.09. The summed E-state index contributed by atoms with van der Waals surface area (Å²) < 4.78 is 0. The van der Waals surface area contributed by atoms with Crippen molar-refractivity contribution in [2.75, 3.05) is 18.0 Å². The van der Waals surface area contributed by atoms with E-state index in [9.17, 15) is 0 Å². The zero-order valence-electron chi connectivity index (χ0n) is 8.32. The number of anilines is 1. The van der Waals surface area contributed by atoms with Gasteiger partial charge in [0.2, 0.25) is 0 Å². The van der Waals surface area contributed by atoms with Crippen molar-refractivity contribution in [2.24, 2.45) is 0 Å². The second kappa shape index (κ2) is 4.42. The van der Waals surface area contributed by atoms with Crippen molar-refractivity contribution in [3.8, 4) is 0 Å². The van der Waals surface area contributed by atoms with Gasteiger partial charge >= 0.3 is 0 Å². The molecule has 1 aromatic rings. The highest BCUT2D eigenvalue weighted by molar-refractivity contribution is 5.41. The van der Waals surface area contributed by atoms with Crippen LogP contribution in [0.2, 0.25) is 0 Å². The van der Waals surface area contributed by atoms with Crippen LogP contribution in [0.5, 0.6) is 0 Å². The molecular formula is C11H16N2O. The lowest BCUT2D eigenvalue weighted by atomic mass is 10.1. The largest absolute Gasteiger partial charge is 0.392 e. The van der Waals surface area contributed by atoms with Gasteiger partial charge in [0.15, 0.2) is 0 Å². The Morgan fingerprint density at radius 2 is 2.07 bits per heavy atom. The molecule has 3 nitrogen and oxygen atoms in total. The van der Waals surface area contributed by atoms with Gasteiger partial charge in [0, 0.05) is 19.3 Å². The molecule has 0 spiro atoms. The molecule has 1 saturated heterocycles. The molecule has 76 valence electrons. The van der Waals surface area contributed by atoms with E-state index in [1.165, 1.54) is 19.3 Å². The number of aliphatic hydroxyl groups excluding tert-OH is 1. The van der Waals surface area contributed by atoms with E-state index in [4.69, 9.17) is 5.11 Å². The quantitative estimate of drug-likeness (QED) is 0.772. The second-order valence-electron chi connectivity index (χ2n) is 3.73. The van der Waals surface area contributed by atoms with Crippen molar-refractivity contribution in [1.29, 1.82) is 0 Å². The number of nitrogens with zero attached hydrogens (tertiary/aromatic N) is 2. The molecule has 0 saturated carbocycles. The second-order valence-corrected chi connectivity index (χ2v) is 3.73. The van der Waals surface area contributed by atoms with Crippen LogP contribution in [0.15, 0.2) is 18.3 Å². The minimum Gasteiger partial charge on any atom is -0.392 e. The van der Waals surface area contributed by atoms with E-state index in [1.807, 2.05) is 12.1 Å². The van der Waals surface area contributed by atoms with Crippen molar-refractivity contribution in [3.05, 3.63) is 23.9 Å². The summed E-state index contributed by atoms with van der Waals surface area (Å²) >= 11 is 0. The van der Waals surface area contributed by atoms with E-state index in [0.29, 0.717) is 0 Å². The zero-order chi connectivity index (χ0) is 9.80. The first kappa shape index (κ1) is 9.46. The third-order valence-corrected chi connectivity index (χ3v) is 2.67. The van der Waals surface area contributed by atoms with Crippen molar-refractivity contribution < 1.29 is 5.11 Å². The van der Waals surface area contributed by atoms with E-state index < -0.39 is 0 Å². The maximum atomic E-state index is 9.01. The molecular weight excluding hydrogens is 176 g/mol. The van der Waals surface area contributed by atoms with E-state index in [0.717, 1.165) is 24.5 Å². The predicted octanol–water partition coefficient (Wildman–Crippen LogP) is 1.56. The molecule has 1 aliphatic heterocycles. The fraction of sp³-hybridized carbons (Fsp3) is 0.545. The first-order chi connectivity index (χ1) is 6.90. The van der Waals surface area contributed by atoms with E-state index in [1.54, 1.807) is 6.20 Å². The first-order valence-corrected chi connectivity index (χ1v) is 5.21. The zero-order valence-corrected chi connectivity index (χ0v) is 8.32. The normalized spacial score (nSPS) is 17.1. The highest BCUT2D eigenvalue weighted by Crippen LogP contribution is 2.18. The SMILES string of the molecule is OCc1ccnc(N2CCCCC2)c1. The van der Waals surface area contributed by atoms with Crippen LogP contribution in [0.1, 0.15) is 24.8 Å². The molecule has 0 aromatic carbocycles. The molecule has 1 N–H and O–H groups in total. The minimum absolute atomic E-state index is 0.101. The van der Waals surface area contributed by atoms with Crippen LogP contribution >= 0.6 is 0 Å². The van der Waals surface area contributed by atoms with Gasteiger partial charge in [0.05, 0.1) is 6.61 Å². The molecule has 2 heterocycles. The third-order valence-electron chi connectivity index (χ3n) is 2.67. The number of aromatic nitrogens is 1. The molecule has 0 unspecified atom stereocenters. The summed E-state index contributed by atoms with van der Waals surface area (Å²) in [6.07, 6.45) is 5.61. The summed E-state index contributed by atoms with van der Waals surface area (Å²) in [5.74, 6) is 1.01.